The largest absolute Gasteiger partial charge is 0.379 e. The van der Waals surface area contributed by atoms with E-state index in [1.807, 2.05) is 13.1 Å². The van der Waals surface area contributed by atoms with E-state index in [-0.39, 0.29) is 0 Å². The lowest BCUT2D eigenvalue weighted by molar-refractivity contribution is 0.0123. The normalized spacial score (nSPS) is 18.1. The highest BCUT2D eigenvalue weighted by Gasteiger charge is 2.21. The minimum atomic E-state index is 0.604. The summed E-state index contributed by atoms with van der Waals surface area (Å²) in [7, 11) is 0. The Morgan fingerprint density at radius 2 is 2.05 bits per heavy atom. The van der Waals surface area contributed by atoms with Crippen molar-refractivity contribution in [2.24, 2.45) is 5.92 Å². The summed E-state index contributed by atoms with van der Waals surface area (Å²) in [6.45, 7) is 12.4. The van der Waals surface area contributed by atoms with Crippen molar-refractivity contribution in [2.45, 2.75) is 39.8 Å². The van der Waals surface area contributed by atoms with Crippen LogP contribution in [0.4, 0.5) is 0 Å². The molecule has 1 fully saturated rings. The molecule has 0 saturated carbocycles. The Morgan fingerprint density at radius 1 is 1.29 bits per heavy atom. The SMILES string of the molecule is Cc1ccc(CNCC(CC(C)C)N2CCOCC2)cn1. The Morgan fingerprint density at radius 3 is 2.67 bits per heavy atom. The maximum absolute atomic E-state index is 5.47. The van der Waals surface area contributed by atoms with Crippen molar-refractivity contribution >= 4 is 0 Å². The monoisotopic (exact) mass is 291 g/mol. The molecule has 4 heteroatoms. The molecule has 1 aliphatic heterocycles. The maximum Gasteiger partial charge on any atom is 0.0594 e. The lowest BCUT2D eigenvalue weighted by Gasteiger charge is -2.35. The van der Waals surface area contributed by atoms with E-state index in [1.54, 1.807) is 0 Å². The number of hydrogen-bond donors (Lipinski definition) is 1. The van der Waals surface area contributed by atoms with Gasteiger partial charge >= 0.3 is 0 Å². The molecule has 2 heterocycles. The molecule has 0 aliphatic carbocycles. The zero-order valence-electron chi connectivity index (χ0n) is 13.6. The zero-order chi connectivity index (χ0) is 15.1. The van der Waals surface area contributed by atoms with Crippen LogP contribution in [0.5, 0.6) is 0 Å². The average molecular weight is 291 g/mol. The number of aromatic nitrogens is 1. The van der Waals surface area contributed by atoms with E-state index >= 15 is 0 Å². The highest BCUT2D eigenvalue weighted by molar-refractivity contribution is 5.12. The van der Waals surface area contributed by atoms with Crippen LogP contribution in [0.3, 0.4) is 0 Å². The fourth-order valence-corrected chi connectivity index (χ4v) is 2.83. The van der Waals surface area contributed by atoms with Crippen LogP contribution in [0, 0.1) is 12.8 Å². The van der Waals surface area contributed by atoms with E-state index in [2.05, 4.69) is 41.2 Å². The highest BCUT2D eigenvalue weighted by atomic mass is 16.5. The summed E-state index contributed by atoms with van der Waals surface area (Å²) in [6.07, 6.45) is 3.20. The smallest absolute Gasteiger partial charge is 0.0594 e. The van der Waals surface area contributed by atoms with Crippen molar-refractivity contribution in [2.75, 3.05) is 32.8 Å². The molecule has 0 radical (unpaired) electrons. The first-order valence-electron chi connectivity index (χ1n) is 8.09. The van der Waals surface area contributed by atoms with Crippen LogP contribution < -0.4 is 5.32 Å². The molecular formula is C17H29N3O. The van der Waals surface area contributed by atoms with E-state index in [4.69, 9.17) is 4.74 Å². The van der Waals surface area contributed by atoms with E-state index in [0.29, 0.717) is 6.04 Å². The minimum Gasteiger partial charge on any atom is -0.379 e. The second kappa shape index (κ2) is 8.47. The van der Waals surface area contributed by atoms with E-state index in [1.165, 1.54) is 12.0 Å². The average Bonchev–Trinajstić information content (AvgIpc) is 2.49. The van der Waals surface area contributed by atoms with Crippen molar-refractivity contribution in [3.8, 4) is 0 Å². The molecule has 0 amide bonds. The second-order valence-corrected chi connectivity index (χ2v) is 6.37. The van der Waals surface area contributed by atoms with E-state index < -0.39 is 0 Å². The fraction of sp³-hybridized carbons (Fsp3) is 0.706. The molecule has 21 heavy (non-hydrogen) atoms. The Hall–Kier alpha value is -0.970. The third-order valence-electron chi connectivity index (χ3n) is 3.99. The number of nitrogens with zero attached hydrogens (tertiary/aromatic N) is 2. The van der Waals surface area contributed by atoms with Crippen molar-refractivity contribution < 1.29 is 4.74 Å². The van der Waals surface area contributed by atoms with Crippen LogP contribution in [0.1, 0.15) is 31.5 Å². The van der Waals surface area contributed by atoms with Gasteiger partial charge in [-0.25, -0.2) is 0 Å². The standard InChI is InChI=1S/C17H29N3O/c1-14(2)10-17(20-6-8-21-9-7-20)13-18-11-16-5-4-15(3)19-12-16/h4-5,12,14,17-18H,6-11,13H2,1-3H3. The Kier molecular flexibility index (Phi) is 6.61. The Bertz CT molecular complexity index is 399. The number of ether oxygens (including phenoxy) is 1. The summed E-state index contributed by atoms with van der Waals surface area (Å²) in [5.74, 6) is 0.723. The molecule has 1 atom stereocenters. The van der Waals surface area contributed by atoms with Crippen molar-refractivity contribution in [1.82, 2.24) is 15.2 Å². The number of rotatable bonds is 7. The summed E-state index contributed by atoms with van der Waals surface area (Å²) < 4.78 is 5.47. The van der Waals surface area contributed by atoms with Crippen LogP contribution in [0.15, 0.2) is 18.3 Å². The van der Waals surface area contributed by atoms with Gasteiger partial charge in [-0.15, -0.1) is 0 Å². The van der Waals surface area contributed by atoms with Crippen molar-refractivity contribution in [1.29, 1.82) is 0 Å². The molecule has 0 bridgehead atoms. The predicted octanol–water partition coefficient (Wildman–Crippen LogP) is 2.23. The van der Waals surface area contributed by atoms with Gasteiger partial charge in [0.25, 0.3) is 0 Å². The lowest BCUT2D eigenvalue weighted by atomic mass is 10.0. The summed E-state index contributed by atoms with van der Waals surface area (Å²) in [6, 6.07) is 4.83. The molecule has 0 spiro atoms. The lowest BCUT2D eigenvalue weighted by Crippen LogP contribution is -2.48. The van der Waals surface area contributed by atoms with Gasteiger partial charge in [0.05, 0.1) is 13.2 Å². The van der Waals surface area contributed by atoms with Crippen molar-refractivity contribution in [3.63, 3.8) is 0 Å². The molecule has 4 nitrogen and oxygen atoms in total. The Labute approximate surface area is 128 Å². The van der Waals surface area contributed by atoms with Gasteiger partial charge in [-0.05, 0) is 30.9 Å². The highest BCUT2D eigenvalue weighted by Crippen LogP contribution is 2.13. The van der Waals surface area contributed by atoms with Crippen molar-refractivity contribution in [3.05, 3.63) is 29.6 Å². The summed E-state index contributed by atoms with van der Waals surface area (Å²) >= 11 is 0. The molecular weight excluding hydrogens is 262 g/mol. The van der Waals surface area contributed by atoms with Crippen LogP contribution in [-0.4, -0.2) is 48.8 Å². The maximum atomic E-state index is 5.47. The molecule has 1 aromatic heterocycles. The topological polar surface area (TPSA) is 37.4 Å². The predicted molar refractivity (Wildman–Crippen MR) is 86.3 cm³/mol. The zero-order valence-corrected chi connectivity index (χ0v) is 13.6. The molecule has 0 aromatic carbocycles. The summed E-state index contributed by atoms with van der Waals surface area (Å²) in [4.78, 5) is 6.92. The van der Waals surface area contributed by atoms with Gasteiger partial charge in [0.2, 0.25) is 0 Å². The Balaban J connectivity index is 1.81. The first kappa shape index (κ1) is 16.4. The third-order valence-corrected chi connectivity index (χ3v) is 3.99. The molecule has 1 N–H and O–H groups in total. The van der Waals surface area contributed by atoms with E-state index in [9.17, 15) is 0 Å². The van der Waals surface area contributed by atoms with Gasteiger partial charge < -0.3 is 10.1 Å². The number of pyridine rings is 1. The summed E-state index contributed by atoms with van der Waals surface area (Å²) in [5, 5.41) is 3.60. The first-order chi connectivity index (χ1) is 10.1. The van der Waals surface area contributed by atoms with Gasteiger partial charge in [0.15, 0.2) is 0 Å². The van der Waals surface area contributed by atoms with Gasteiger partial charge in [0, 0.05) is 44.1 Å². The first-order valence-corrected chi connectivity index (χ1v) is 8.09. The van der Waals surface area contributed by atoms with Gasteiger partial charge in [0.1, 0.15) is 0 Å². The molecule has 1 saturated heterocycles. The fourth-order valence-electron chi connectivity index (χ4n) is 2.83. The number of nitrogens with one attached hydrogen (secondary N) is 1. The van der Waals surface area contributed by atoms with Gasteiger partial charge in [-0.1, -0.05) is 19.9 Å². The molecule has 118 valence electrons. The molecule has 1 unspecified atom stereocenters. The number of hydrogen-bond acceptors (Lipinski definition) is 4. The summed E-state index contributed by atoms with van der Waals surface area (Å²) in [5.41, 5.74) is 2.33. The van der Waals surface area contributed by atoms with Crippen LogP contribution >= 0.6 is 0 Å². The second-order valence-electron chi connectivity index (χ2n) is 6.37. The van der Waals surface area contributed by atoms with E-state index in [0.717, 1.165) is 51.0 Å². The van der Waals surface area contributed by atoms with Crippen LogP contribution in [0.25, 0.3) is 0 Å². The van der Waals surface area contributed by atoms with Crippen LogP contribution in [-0.2, 0) is 11.3 Å². The molecule has 1 aliphatic rings. The van der Waals surface area contributed by atoms with Gasteiger partial charge in [-0.3, -0.25) is 9.88 Å². The molecule has 1 aromatic rings. The number of aryl methyl sites for hydroxylation is 1. The van der Waals surface area contributed by atoms with Gasteiger partial charge in [-0.2, -0.15) is 0 Å². The minimum absolute atomic E-state index is 0.604. The quantitative estimate of drug-likeness (QED) is 0.836. The number of morpholine rings is 1. The third kappa shape index (κ3) is 5.73. The van der Waals surface area contributed by atoms with Crippen LogP contribution in [0.2, 0.25) is 0 Å². The molecule has 2 rings (SSSR count).